The smallest absolute Gasteiger partial charge is 0.121 e. The van der Waals surface area contributed by atoms with Crippen molar-refractivity contribution in [3.05, 3.63) is 54.6 Å². The predicted octanol–water partition coefficient (Wildman–Crippen LogP) is 4.35. The van der Waals surface area contributed by atoms with E-state index in [0.717, 1.165) is 30.2 Å². The van der Waals surface area contributed by atoms with Crippen LogP contribution in [0.5, 0.6) is 11.5 Å². The molecule has 3 nitrogen and oxygen atoms in total. The Bertz CT molecular complexity index is 528. The number of para-hydroxylation sites is 1. The third-order valence-corrected chi connectivity index (χ3v) is 3.19. The van der Waals surface area contributed by atoms with Gasteiger partial charge in [0, 0.05) is 18.3 Å². The molecule has 0 fully saturated rings. The molecule has 2 aromatic rings. The van der Waals surface area contributed by atoms with Gasteiger partial charge in [0.1, 0.15) is 18.1 Å². The quantitative estimate of drug-likeness (QED) is 0.731. The molecular weight excluding hydrogens is 262 g/mol. The molecule has 0 aliphatic rings. The number of hydrogen-bond donors (Lipinski definition) is 1. The highest BCUT2D eigenvalue weighted by molar-refractivity contribution is 5.48. The number of ether oxygens (including phenoxy) is 2. The maximum absolute atomic E-state index is 5.81. The molecule has 1 N–H and O–H groups in total. The average Bonchev–Trinajstić information content (AvgIpc) is 2.53. The van der Waals surface area contributed by atoms with Gasteiger partial charge in [-0.15, -0.1) is 0 Å². The highest BCUT2D eigenvalue weighted by Crippen LogP contribution is 2.19. The molecule has 1 atom stereocenters. The molecule has 0 aliphatic carbocycles. The second-order valence-electron chi connectivity index (χ2n) is 4.95. The van der Waals surface area contributed by atoms with E-state index in [0.29, 0.717) is 6.61 Å². The zero-order chi connectivity index (χ0) is 14.9. The Morgan fingerprint density at radius 2 is 1.76 bits per heavy atom. The van der Waals surface area contributed by atoms with Crippen molar-refractivity contribution in [3.8, 4) is 11.5 Å². The second kappa shape index (κ2) is 8.20. The van der Waals surface area contributed by atoms with Crippen LogP contribution in [-0.4, -0.2) is 19.3 Å². The van der Waals surface area contributed by atoms with Crippen LogP contribution in [0.2, 0.25) is 0 Å². The lowest BCUT2D eigenvalue weighted by Crippen LogP contribution is -2.12. The summed E-state index contributed by atoms with van der Waals surface area (Å²) < 4.78 is 11.5. The van der Waals surface area contributed by atoms with E-state index in [1.54, 1.807) is 0 Å². The number of hydrogen-bond acceptors (Lipinski definition) is 3. The summed E-state index contributed by atoms with van der Waals surface area (Å²) in [4.78, 5) is 0. The van der Waals surface area contributed by atoms with Crippen LogP contribution < -0.4 is 14.8 Å². The second-order valence-corrected chi connectivity index (χ2v) is 4.95. The van der Waals surface area contributed by atoms with Gasteiger partial charge < -0.3 is 14.8 Å². The monoisotopic (exact) mass is 285 g/mol. The van der Waals surface area contributed by atoms with E-state index in [1.807, 2.05) is 54.6 Å². The molecule has 0 spiro atoms. The van der Waals surface area contributed by atoms with Gasteiger partial charge in [0.25, 0.3) is 0 Å². The molecule has 1 unspecified atom stereocenters. The molecule has 0 aliphatic heterocycles. The summed E-state index contributed by atoms with van der Waals surface area (Å²) in [6, 6.07) is 17.9. The Morgan fingerprint density at radius 3 is 2.52 bits per heavy atom. The highest BCUT2D eigenvalue weighted by Gasteiger charge is 2.01. The Labute approximate surface area is 126 Å². The van der Waals surface area contributed by atoms with E-state index < -0.39 is 0 Å². The lowest BCUT2D eigenvalue weighted by molar-refractivity contribution is 0.217. The summed E-state index contributed by atoms with van der Waals surface area (Å²) >= 11 is 0. The molecule has 0 bridgehead atoms. The number of benzene rings is 2. The van der Waals surface area contributed by atoms with E-state index in [1.165, 1.54) is 0 Å². The Hall–Kier alpha value is -2.16. The van der Waals surface area contributed by atoms with Crippen molar-refractivity contribution in [1.29, 1.82) is 0 Å². The third kappa shape index (κ3) is 5.38. The molecule has 2 rings (SSSR count). The molecule has 0 saturated carbocycles. The normalized spacial score (nSPS) is 11.7. The maximum Gasteiger partial charge on any atom is 0.121 e. The average molecular weight is 285 g/mol. The van der Waals surface area contributed by atoms with Crippen molar-refractivity contribution in [2.24, 2.45) is 0 Å². The minimum atomic E-state index is 0.238. The van der Waals surface area contributed by atoms with Crippen molar-refractivity contribution in [2.75, 3.05) is 18.5 Å². The molecule has 0 aromatic heterocycles. The first kappa shape index (κ1) is 15.2. The van der Waals surface area contributed by atoms with Crippen LogP contribution in [0.25, 0.3) is 0 Å². The lowest BCUT2D eigenvalue weighted by Gasteiger charge is -2.14. The molecule has 3 heteroatoms. The van der Waals surface area contributed by atoms with E-state index in [2.05, 4.69) is 19.2 Å². The zero-order valence-corrected chi connectivity index (χ0v) is 12.7. The Morgan fingerprint density at radius 1 is 1.00 bits per heavy atom. The van der Waals surface area contributed by atoms with Gasteiger partial charge in [0.2, 0.25) is 0 Å². The summed E-state index contributed by atoms with van der Waals surface area (Å²) in [7, 11) is 0. The van der Waals surface area contributed by atoms with Gasteiger partial charge in [-0.25, -0.2) is 0 Å². The summed E-state index contributed by atoms with van der Waals surface area (Å²) in [5, 5.41) is 3.34. The fraction of sp³-hybridized carbons (Fsp3) is 0.333. The van der Waals surface area contributed by atoms with Crippen molar-refractivity contribution in [3.63, 3.8) is 0 Å². The molecule has 2 aromatic carbocycles. The van der Waals surface area contributed by atoms with E-state index in [-0.39, 0.29) is 6.10 Å². The highest BCUT2D eigenvalue weighted by atomic mass is 16.5. The van der Waals surface area contributed by atoms with E-state index >= 15 is 0 Å². The number of anilines is 1. The van der Waals surface area contributed by atoms with E-state index in [9.17, 15) is 0 Å². The molecule has 0 radical (unpaired) electrons. The van der Waals surface area contributed by atoms with Gasteiger partial charge in [-0.05, 0) is 37.6 Å². The van der Waals surface area contributed by atoms with Crippen LogP contribution in [-0.2, 0) is 0 Å². The predicted molar refractivity (Wildman–Crippen MR) is 87.2 cm³/mol. The topological polar surface area (TPSA) is 30.5 Å². The molecular formula is C18H23NO2. The first-order valence-electron chi connectivity index (χ1n) is 7.46. The first-order chi connectivity index (χ1) is 10.3. The third-order valence-electron chi connectivity index (χ3n) is 3.19. The number of rotatable bonds is 8. The first-order valence-corrected chi connectivity index (χ1v) is 7.46. The van der Waals surface area contributed by atoms with Crippen LogP contribution in [0, 0.1) is 0 Å². The summed E-state index contributed by atoms with van der Waals surface area (Å²) in [5.41, 5.74) is 1.05. The van der Waals surface area contributed by atoms with Crippen LogP contribution in [0.1, 0.15) is 20.3 Å². The summed E-state index contributed by atoms with van der Waals surface area (Å²) in [6.07, 6.45) is 1.24. The fourth-order valence-corrected chi connectivity index (χ4v) is 1.88. The summed E-state index contributed by atoms with van der Waals surface area (Å²) in [5.74, 6) is 1.80. The van der Waals surface area contributed by atoms with Crippen LogP contribution >= 0.6 is 0 Å². The van der Waals surface area contributed by atoms with Gasteiger partial charge in [-0.2, -0.15) is 0 Å². The lowest BCUT2D eigenvalue weighted by atomic mass is 10.2. The SMILES string of the molecule is CCC(C)Oc1cccc(NCCOc2ccccc2)c1. The Kier molecular flexibility index (Phi) is 5.95. The minimum absolute atomic E-state index is 0.238. The van der Waals surface area contributed by atoms with Crippen LogP contribution in [0.15, 0.2) is 54.6 Å². The van der Waals surface area contributed by atoms with E-state index in [4.69, 9.17) is 9.47 Å². The Balaban J connectivity index is 1.76. The largest absolute Gasteiger partial charge is 0.492 e. The van der Waals surface area contributed by atoms with Gasteiger partial charge in [0.05, 0.1) is 6.10 Å². The van der Waals surface area contributed by atoms with Crippen LogP contribution in [0.4, 0.5) is 5.69 Å². The molecule has 0 heterocycles. The summed E-state index contributed by atoms with van der Waals surface area (Å²) in [6.45, 7) is 5.57. The van der Waals surface area contributed by atoms with Crippen molar-refractivity contribution < 1.29 is 9.47 Å². The molecule has 112 valence electrons. The maximum atomic E-state index is 5.81. The molecule has 0 saturated heterocycles. The van der Waals surface area contributed by atoms with Gasteiger partial charge in [-0.3, -0.25) is 0 Å². The van der Waals surface area contributed by atoms with Gasteiger partial charge >= 0.3 is 0 Å². The zero-order valence-electron chi connectivity index (χ0n) is 12.7. The van der Waals surface area contributed by atoms with Crippen molar-refractivity contribution in [2.45, 2.75) is 26.4 Å². The standard InChI is InChI=1S/C18H23NO2/c1-3-15(2)21-18-11-7-8-16(14-18)19-12-13-20-17-9-5-4-6-10-17/h4-11,14-15,19H,3,12-13H2,1-2H3. The van der Waals surface area contributed by atoms with Gasteiger partial charge in [-0.1, -0.05) is 31.2 Å². The van der Waals surface area contributed by atoms with Crippen LogP contribution in [0.3, 0.4) is 0 Å². The molecule has 21 heavy (non-hydrogen) atoms. The van der Waals surface area contributed by atoms with Crippen molar-refractivity contribution >= 4 is 5.69 Å². The fourth-order valence-electron chi connectivity index (χ4n) is 1.88. The van der Waals surface area contributed by atoms with Crippen molar-refractivity contribution in [1.82, 2.24) is 0 Å². The number of nitrogens with one attached hydrogen (secondary N) is 1. The molecule has 0 amide bonds. The van der Waals surface area contributed by atoms with Gasteiger partial charge in [0.15, 0.2) is 0 Å². The minimum Gasteiger partial charge on any atom is -0.492 e.